The number of amides is 1. The van der Waals surface area contributed by atoms with Crippen LogP contribution in [0.3, 0.4) is 0 Å². The Morgan fingerprint density at radius 1 is 1.65 bits per heavy atom. The fourth-order valence-corrected chi connectivity index (χ4v) is 1.46. The molecule has 1 fully saturated rings. The summed E-state index contributed by atoms with van der Waals surface area (Å²) in [5.41, 5.74) is 0. The van der Waals surface area contributed by atoms with Gasteiger partial charge in [0.05, 0.1) is 12.4 Å². The van der Waals surface area contributed by atoms with Crippen molar-refractivity contribution in [1.82, 2.24) is 15.1 Å². The van der Waals surface area contributed by atoms with Crippen LogP contribution in [0.15, 0.2) is 12.4 Å². The molecule has 1 amide bonds. The predicted molar refractivity (Wildman–Crippen MR) is 63.8 cm³/mol. The van der Waals surface area contributed by atoms with Crippen LogP contribution in [0.25, 0.3) is 0 Å². The Kier molecular flexibility index (Phi) is 3.66. The maximum atomic E-state index is 11.4. The molecule has 0 aromatic carbocycles. The smallest absolute Gasteiger partial charge is 0.257 e. The van der Waals surface area contributed by atoms with Crippen molar-refractivity contribution in [2.75, 3.05) is 13.2 Å². The van der Waals surface area contributed by atoms with Gasteiger partial charge in [-0.05, 0) is 32.6 Å². The average Bonchev–Trinajstić information content (AvgIpc) is 3.00. The van der Waals surface area contributed by atoms with E-state index in [9.17, 15) is 4.79 Å². The third-order valence-corrected chi connectivity index (χ3v) is 2.76. The van der Waals surface area contributed by atoms with E-state index in [0.717, 1.165) is 6.54 Å². The topological polar surface area (TPSA) is 56.1 Å². The van der Waals surface area contributed by atoms with E-state index < -0.39 is 0 Å². The number of aromatic nitrogens is 2. The van der Waals surface area contributed by atoms with Gasteiger partial charge < -0.3 is 10.1 Å². The van der Waals surface area contributed by atoms with Crippen molar-refractivity contribution in [2.24, 2.45) is 5.92 Å². The number of nitrogens with zero attached hydrogens (tertiary/aromatic N) is 2. The lowest BCUT2D eigenvalue weighted by Gasteiger charge is -2.05. The molecule has 1 aliphatic carbocycles. The van der Waals surface area contributed by atoms with Crippen molar-refractivity contribution < 1.29 is 9.53 Å². The van der Waals surface area contributed by atoms with Crippen LogP contribution in [0.2, 0.25) is 0 Å². The van der Waals surface area contributed by atoms with Gasteiger partial charge in [-0.25, -0.2) is 0 Å². The SMILES string of the molecule is CC(C)n1cc(OCC(=O)NCC2CC2)cn1. The lowest BCUT2D eigenvalue weighted by Crippen LogP contribution is -2.30. The molecule has 0 spiro atoms. The summed E-state index contributed by atoms with van der Waals surface area (Å²) in [5, 5.41) is 6.99. The van der Waals surface area contributed by atoms with Crippen LogP contribution in [0, 0.1) is 5.92 Å². The van der Waals surface area contributed by atoms with Gasteiger partial charge in [-0.15, -0.1) is 0 Å². The molecule has 1 heterocycles. The van der Waals surface area contributed by atoms with Gasteiger partial charge in [0.1, 0.15) is 0 Å². The highest BCUT2D eigenvalue weighted by atomic mass is 16.5. The van der Waals surface area contributed by atoms with E-state index >= 15 is 0 Å². The van der Waals surface area contributed by atoms with E-state index in [1.54, 1.807) is 17.1 Å². The van der Waals surface area contributed by atoms with Gasteiger partial charge in [-0.1, -0.05) is 0 Å². The Labute approximate surface area is 101 Å². The van der Waals surface area contributed by atoms with Crippen molar-refractivity contribution in [1.29, 1.82) is 0 Å². The first-order valence-corrected chi connectivity index (χ1v) is 6.09. The van der Waals surface area contributed by atoms with Gasteiger partial charge in [-0.2, -0.15) is 5.10 Å². The molecule has 0 unspecified atom stereocenters. The molecule has 1 saturated carbocycles. The number of hydrogen-bond donors (Lipinski definition) is 1. The molecule has 5 nitrogen and oxygen atoms in total. The summed E-state index contributed by atoms with van der Waals surface area (Å²) in [4.78, 5) is 11.4. The molecule has 0 atom stereocenters. The second-order valence-corrected chi connectivity index (χ2v) is 4.79. The summed E-state index contributed by atoms with van der Waals surface area (Å²) in [6.45, 7) is 4.93. The highest BCUT2D eigenvalue weighted by Crippen LogP contribution is 2.27. The molecule has 1 aromatic rings. The van der Waals surface area contributed by atoms with E-state index in [4.69, 9.17) is 4.74 Å². The number of nitrogens with one attached hydrogen (secondary N) is 1. The quantitative estimate of drug-likeness (QED) is 0.813. The van der Waals surface area contributed by atoms with Gasteiger partial charge in [0.2, 0.25) is 0 Å². The van der Waals surface area contributed by atoms with Crippen LogP contribution >= 0.6 is 0 Å². The first-order valence-electron chi connectivity index (χ1n) is 6.09. The maximum Gasteiger partial charge on any atom is 0.257 e. The molecular formula is C12H19N3O2. The molecule has 0 saturated heterocycles. The van der Waals surface area contributed by atoms with E-state index in [2.05, 4.69) is 10.4 Å². The van der Waals surface area contributed by atoms with Crippen LogP contribution in [0.4, 0.5) is 0 Å². The van der Waals surface area contributed by atoms with Gasteiger partial charge in [0.15, 0.2) is 12.4 Å². The van der Waals surface area contributed by atoms with E-state index in [1.165, 1.54) is 12.8 Å². The zero-order valence-corrected chi connectivity index (χ0v) is 10.3. The molecule has 94 valence electrons. The Hall–Kier alpha value is -1.52. The van der Waals surface area contributed by atoms with E-state index in [0.29, 0.717) is 17.7 Å². The maximum absolute atomic E-state index is 11.4. The molecule has 17 heavy (non-hydrogen) atoms. The minimum absolute atomic E-state index is 0.0609. The molecule has 0 radical (unpaired) electrons. The molecular weight excluding hydrogens is 218 g/mol. The second kappa shape index (κ2) is 5.21. The third kappa shape index (κ3) is 3.76. The lowest BCUT2D eigenvalue weighted by atomic mass is 10.4. The molecule has 1 aromatic heterocycles. The Balaban J connectivity index is 1.70. The van der Waals surface area contributed by atoms with E-state index in [-0.39, 0.29) is 12.5 Å². The highest BCUT2D eigenvalue weighted by Gasteiger charge is 2.21. The predicted octanol–water partition coefficient (Wildman–Crippen LogP) is 1.37. The molecule has 1 N–H and O–H groups in total. The van der Waals surface area contributed by atoms with Crippen molar-refractivity contribution in [3.8, 4) is 5.75 Å². The monoisotopic (exact) mass is 237 g/mol. The number of ether oxygens (including phenoxy) is 1. The highest BCUT2D eigenvalue weighted by molar-refractivity contribution is 5.77. The fourth-order valence-electron chi connectivity index (χ4n) is 1.46. The summed E-state index contributed by atoms with van der Waals surface area (Å²) in [6.07, 6.45) is 5.91. The van der Waals surface area contributed by atoms with Crippen molar-refractivity contribution in [3.05, 3.63) is 12.4 Å². The zero-order valence-electron chi connectivity index (χ0n) is 10.3. The molecule has 0 bridgehead atoms. The minimum atomic E-state index is -0.0609. The summed E-state index contributed by atoms with van der Waals surface area (Å²) in [5.74, 6) is 1.28. The summed E-state index contributed by atoms with van der Waals surface area (Å²) < 4.78 is 7.16. The van der Waals surface area contributed by atoms with Crippen LogP contribution in [0.1, 0.15) is 32.7 Å². The molecule has 5 heteroatoms. The lowest BCUT2D eigenvalue weighted by molar-refractivity contribution is -0.123. The number of rotatable bonds is 6. The second-order valence-electron chi connectivity index (χ2n) is 4.79. The summed E-state index contributed by atoms with van der Waals surface area (Å²) in [6, 6.07) is 0.302. The summed E-state index contributed by atoms with van der Waals surface area (Å²) >= 11 is 0. The number of hydrogen-bond acceptors (Lipinski definition) is 3. The molecule has 2 rings (SSSR count). The largest absolute Gasteiger partial charge is 0.480 e. The number of carbonyl (C=O) groups is 1. The Morgan fingerprint density at radius 2 is 2.41 bits per heavy atom. The van der Waals surface area contributed by atoms with Crippen molar-refractivity contribution >= 4 is 5.91 Å². The van der Waals surface area contributed by atoms with Crippen molar-refractivity contribution in [2.45, 2.75) is 32.7 Å². The first kappa shape index (κ1) is 12.0. The average molecular weight is 237 g/mol. The van der Waals surface area contributed by atoms with Gasteiger partial charge in [0, 0.05) is 12.6 Å². The van der Waals surface area contributed by atoms with Gasteiger partial charge in [0.25, 0.3) is 5.91 Å². The van der Waals surface area contributed by atoms with Crippen LogP contribution in [-0.2, 0) is 4.79 Å². The standard InChI is InChI=1S/C12H19N3O2/c1-9(2)15-7-11(6-14-15)17-8-12(16)13-5-10-3-4-10/h6-7,9-10H,3-5,8H2,1-2H3,(H,13,16). The normalized spacial score (nSPS) is 15.0. The Morgan fingerprint density at radius 3 is 3.00 bits per heavy atom. The van der Waals surface area contributed by atoms with Crippen LogP contribution in [-0.4, -0.2) is 28.8 Å². The minimum Gasteiger partial charge on any atom is -0.480 e. The number of carbonyl (C=O) groups excluding carboxylic acids is 1. The van der Waals surface area contributed by atoms with Gasteiger partial charge >= 0.3 is 0 Å². The molecule has 1 aliphatic rings. The zero-order chi connectivity index (χ0) is 12.3. The molecule has 0 aliphatic heterocycles. The van der Waals surface area contributed by atoms with Crippen LogP contribution in [0.5, 0.6) is 5.75 Å². The van der Waals surface area contributed by atoms with Crippen molar-refractivity contribution in [3.63, 3.8) is 0 Å². The van der Waals surface area contributed by atoms with E-state index in [1.807, 2.05) is 13.8 Å². The van der Waals surface area contributed by atoms with Crippen LogP contribution < -0.4 is 10.1 Å². The third-order valence-electron chi connectivity index (χ3n) is 2.76. The summed E-state index contributed by atoms with van der Waals surface area (Å²) in [7, 11) is 0. The Bertz CT molecular complexity index is 383. The van der Waals surface area contributed by atoms with Gasteiger partial charge in [-0.3, -0.25) is 9.48 Å². The first-order chi connectivity index (χ1) is 8.15. The fraction of sp³-hybridized carbons (Fsp3) is 0.667.